The van der Waals surface area contributed by atoms with Gasteiger partial charge in [-0.3, -0.25) is 4.79 Å². The number of allylic oxidation sites excluding steroid dienone is 1. The quantitative estimate of drug-likeness (QED) is 0.446. The van der Waals surface area contributed by atoms with Gasteiger partial charge in [0.05, 0.1) is 11.1 Å². The first-order chi connectivity index (χ1) is 7.88. The van der Waals surface area contributed by atoms with Gasteiger partial charge in [-0.2, -0.15) is 13.2 Å². The lowest BCUT2D eigenvalue weighted by Gasteiger charge is -2.10. The summed E-state index contributed by atoms with van der Waals surface area (Å²) in [5, 5.41) is 0. The van der Waals surface area contributed by atoms with Crippen LogP contribution >= 0.6 is 0 Å². The lowest BCUT2D eigenvalue weighted by atomic mass is 10.0. The molecule has 92 valence electrons. The second-order valence-electron chi connectivity index (χ2n) is 3.42. The molecule has 0 aliphatic rings. The first-order valence-electron chi connectivity index (χ1n) is 4.87. The minimum atomic E-state index is -4.79. The van der Waals surface area contributed by atoms with E-state index in [0.717, 1.165) is 12.1 Å². The summed E-state index contributed by atoms with van der Waals surface area (Å²) in [5.41, 5.74) is -1.94. The zero-order valence-corrected chi connectivity index (χ0v) is 8.85. The Morgan fingerprint density at radius 3 is 2.53 bits per heavy atom. The molecule has 0 spiro atoms. The molecule has 1 aromatic carbocycles. The van der Waals surface area contributed by atoms with E-state index in [1.807, 2.05) is 0 Å². The van der Waals surface area contributed by atoms with E-state index in [4.69, 9.17) is 0 Å². The summed E-state index contributed by atoms with van der Waals surface area (Å²) in [5.74, 6) is -2.16. The van der Waals surface area contributed by atoms with Crippen molar-refractivity contribution in [3.63, 3.8) is 0 Å². The van der Waals surface area contributed by atoms with Gasteiger partial charge < -0.3 is 0 Å². The molecule has 0 heterocycles. The number of hydrogen-bond acceptors (Lipinski definition) is 1. The third-order valence-electron chi connectivity index (χ3n) is 2.18. The predicted molar refractivity (Wildman–Crippen MR) is 55.2 cm³/mol. The molecule has 0 aromatic heterocycles. The van der Waals surface area contributed by atoms with Crippen molar-refractivity contribution >= 4 is 5.78 Å². The van der Waals surface area contributed by atoms with Crippen molar-refractivity contribution in [2.24, 2.45) is 0 Å². The molecule has 0 aliphatic heterocycles. The number of benzene rings is 1. The van der Waals surface area contributed by atoms with Crippen LogP contribution in [-0.4, -0.2) is 5.78 Å². The third kappa shape index (κ3) is 3.15. The second kappa shape index (κ2) is 5.12. The van der Waals surface area contributed by atoms with Crippen molar-refractivity contribution in [1.29, 1.82) is 0 Å². The van der Waals surface area contributed by atoms with Crippen molar-refractivity contribution in [2.45, 2.75) is 19.0 Å². The van der Waals surface area contributed by atoms with Gasteiger partial charge in [0.1, 0.15) is 5.82 Å². The van der Waals surface area contributed by atoms with E-state index in [0.29, 0.717) is 12.5 Å². The Morgan fingerprint density at radius 2 is 2.00 bits per heavy atom. The van der Waals surface area contributed by atoms with Crippen LogP contribution in [0.25, 0.3) is 0 Å². The van der Waals surface area contributed by atoms with E-state index in [2.05, 4.69) is 6.58 Å². The van der Waals surface area contributed by atoms with Crippen molar-refractivity contribution in [2.75, 3.05) is 0 Å². The van der Waals surface area contributed by atoms with E-state index >= 15 is 0 Å². The van der Waals surface area contributed by atoms with Crippen LogP contribution in [0.4, 0.5) is 17.6 Å². The van der Waals surface area contributed by atoms with Gasteiger partial charge in [0, 0.05) is 6.42 Å². The smallest absolute Gasteiger partial charge is 0.294 e. The number of rotatable bonds is 4. The van der Waals surface area contributed by atoms with Crippen LogP contribution in [0, 0.1) is 5.82 Å². The van der Waals surface area contributed by atoms with E-state index in [9.17, 15) is 22.4 Å². The minimum absolute atomic E-state index is 0.0538. The molecule has 0 amide bonds. The van der Waals surface area contributed by atoms with E-state index in [1.165, 1.54) is 6.08 Å². The molecule has 0 saturated heterocycles. The maximum Gasteiger partial charge on any atom is 0.419 e. The molecular formula is C12H10F4O. The predicted octanol–water partition coefficient (Wildman–Crippen LogP) is 3.99. The van der Waals surface area contributed by atoms with Gasteiger partial charge in [0.15, 0.2) is 5.78 Å². The SMILES string of the molecule is C=CCCC(=O)c1cccc(C(F)(F)F)c1F. The van der Waals surface area contributed by atoms with E-state index in [-0.39, 0.29) is 6.42 Å². The molecule has 1 aromatic rings. The van der Waals surface area contributed by atoms with Gasteiger partial charge >= 0.3 is 6.18 Å². The zero-order valence-electron chi connectivity index (χ0n) is 8.85. The van der Waals surface area contributed by atoms with Crippen molar-refractivity contribution in [1.82, 2.24) is 0 Å². The maximum atomic E-state index is 13.5. The number of carbonyl (C=O) groups is 1. The molecule has 0 N–H and O–H groups in total. The number of hydrogen-bond donors (Lipinski definition) is 0. The number of carbonyl (C=O) groups excluding carboxylic acids is 1. The van der Waals surface area contributed by atoms with Crippen LogP contribution < -0.4 is 0 Å². The van der Waals surface area contributed by atoms with Crippen molar-refractivity contribution < 1.29 is 22.4 Å². The van der Waals surface area contributed by atoms with Gasteiger partial charge in [-0.1, -0.05) is 12.1 Å². The van der Waals surface area contributed by atoms with Crippen LogP contribution in [0.2, 0.25) is 0 Å². The first kappa shape index (κ1) is 13.4. The Labute approximate surface area is 95.8 Å². The van der Waals surface area contributed by atoms with E-state index < -0.39 is 28.9 Å². The molecule has 1 rings (SSSR count). The highest BCUT2D eigenvalue weighted by Gasteiger charge is 2.35. The summed E-state index contributed by atoms with van der Waals surface area (Å²) in [6, 6.07) is 2.68. The zero-order chi connectivity index (χ0) is 13.1. The Kier molecular flexibility index (Phi) is 4.04. The second-order valence-corrected chi connectivity index (χ2v) is 3.42. The standard InChI is InChI=1S/C12H10F4O/c1-2-3-7-10(17)8-5-4-6-9(11(8)13)12(14,15)16/h2,4-6H,1,3,7H2. The maximum absolute atomic E-state index is 13.5. The number of ketones is 1. The molecule has 0 bridgehead atoms. The highest BCUT2D eigenvalue weighted by atomic mass is 19.4. The van der Waals surface area contributed by atoms with Gasteiger partial charge in [-0.25, -0.2) is 4.39 Å². The molecule has 0 atom stereocenters. The summed E-state index contributed by atoms with van der Waals surface area (Å²) < 4.78 is 50.6. The average Bonchev–Trinajstić information content (AvgIpc) is 2.24. The highest BCUT2D eigenvalue weighted by molar-refractivity contribution is 5.96. The normalized spacial score (nSPS) is 11.3. The number of Topliss-reactive ketones (excluding diaryl/α,β-unsaturated/α-hetero) is 1. The lowest BCUT2D eigenvalue weighted by molar-refractivity contribution is -0.140. The molecule has 0 radical (unpaired) electrons. The Balaban J connectivity index is 3.10. The number of halogens is 4. The average molecular weight is 246 g/mol. The van der Waals surface area contributed by atoms with Crippen LogP contribution in [-0.2, 0) is 6.18 Å². The van der Waals surface area contributed by atoms with Gasteiger partial charge in [-0.05, 0) is 18.6 Å². The lowest BCUT2D eigenvalue weighted by Crippen LogP contribution is -2.12. The molecule has 5 heteroatoms. The van der Waals surface area contributed by atoms with Gasteiger partial charge in [0.2, 0.25) is 0 Å². The van der Waals surface area contributed by atoms with Crippen LogP contribution in [0.3, 0.4) is 0 Å². The molecular weight excluding hydrogens is 236 g/mol. The molecule has 0 aliphatic carbocycles. The minimum Gasteiger partial charge on any atom is -0.294 e. The van der Waals surface area contributed by atoms with Gasteiger partial charge in [-0.15, -0.1) is 6.58 Å². The largest absolute Gasteiger partial charge is 0.419 e. The fraction of sp³-hybridized carbons (Fsp3) is 0.250. The van der Waals surface area contributed by atoms with Crippen LogP contribution in [0.5, 0.6) is 0 Å². The molecule has 0 saturated carbocycles. The van der Waals surface area contributed by atoms with E-state index in [1.54, 1.807) is 0 Å². The molecule has 17 heavy (non-hydrogen) atoms. The monoisotopic (exact) mass is 246 g/mol. The summed E-state index contributed by atoms with van der Waals surface area (Å²) in [6.45, 7) is 3.38. The Bertz CT molecular complexity index is 435. The third-order valence-corrected chi connectivity index (χ3v) is 2.18. The van der Waals surface area contributed by atoms with Crippen LogP contribution in [0.15, 0.2) is 30.9 Å². The summed E-state index contributed by atoms with van der Waals surface area (Å²) in [7, 11) is 0. The molecule has 0 unspecified atom stereocenters. The summed E-state index contributed by atoms with van der Waals surface area (Å²) >= 11 is 0. The fourth-order valence-electron chi connectivity index (χ4n) is 1.33. The Hall–Kier alpha value is -1.65. The van der Waals surface area contributed by atoms with Crippen molar-refractivity contribution in [3.8, 4) is 0 Å². The highest BCUT2D eigenvalue weighted by Crippen LogP contribution is 2.32. The fourth-order valence-corrected chi connectivity index (χ4v) is 1.33. The van der Waals surface area contributed by atoms with Crippen molar-refractivity contribution in [3.05, 3.63) is 47.8 Å². The topological polar surface area (TPSA) is 17.1 Å². The number of alkyl halides is 3. The van der Waals surface area contributed by atoms with Gasteiger partial charge in [0.25, 0.3) is 0 Å². The first-order valence-corrected chi connectivity index (χ1v) is 4.87. The molecule has 1 nitrogen and oxygen atoms in total. The van der Waals surface area contributed by atoms with Crippen LogP contribution in [0.1, 0.15) is 28.8 Å². The Morgan fingerprint density at radius 1 is 1.35 bits per heavy atom. The summed E-state index contributed by atoms with van der Waals surface area (Å²) in [6.07, 6.45) is -3.10. The molecule has 0 fully saturated rings. The summed E-state index contributed by atoms with van der Waals surface area (Å²) in [4.78, 5) is 11.4.